The summed E-state index contributed by atoms with van der Waals surface area (Å²) in [6.07, 6.45) is 5.16. The molecule has 2 atom stereocenters. The van der Waals surface area contributed by atoms with Gasteiger partial charge in [-0.1, -0.05) is 18.2 Å². The Morgan fingerprint density at radius 1 is 1.28 bits per heavy atom. The van der Waals surface area contributed by atoms with Crippen LogP contribution in [0.5, 0.6) is 0 Å². The molecule has 1 aliphatic heterocycles. The normalized spacial score (nSPS) is 18.5. The van der Waals surface area contributed by atoms with Gasteiger partial charge >= 0.3 is 0 Å². The number of carbonyl (C=O) groups is 1. The van der Waals surface area contributed by atoms with Gasteiger partial charge in [0.25, 0.3) is 0 Å². The van der Waals surface area contributed by atoms with Crippen molar-refractivity contribution in [1.29, 1.82) is 0 Å². The van der Waals surface area contributed by atoms with Crippen LogP contribution in [0.2, 0.25) is 0 Å². The molecule has 5 heteroatoms. The number of carbonyl (C=O) groups excluding carboxylic acids is 1. The predicted octanol–water partition coefficient (Wildman–Crippen LogP) is 3.63. The number of pyridine rings is 1. The number of nitrogens with zero attached hydrogens (tertiary/aromatic N) is 1. The van der Waals surface area contributed by atoms with Crippen molar-refractivity contribution in [3.05, 3.63) is 65.7 Å². The first-order valence-electron chi connectivity index (χ1n) is 8.76. The predicted molar refractivity (Wildman–Crippen MR) is 93.4 cm³/mol. The van der Waals surface area contributed by atoms with E-state index in [0.29, 0.717) is 12.3 Å². The molecule has 132 valence electrons. The lowest BCUT2D eigenvalue weighted by Crippen LogP contribution is -2.30. The molecule has 0 spiro atoms. The largest absolute Gasteiger partial charge is 0.381 e. The van der Waals surface area contributed by atoms with E-state index in [1.54, 1.807) is 18.3 Å². The Morgan fingerprint density at radius 3 is 2.80 bits per heavy atom. The van der Waals surface area contributed by atoms with Gasteiger partial charge in [0.2, 0.25) is 5.91 Å². The maximum atomic E-state index is 13.2. The number of aromatic nitrogens is 1. The highest BCUT2D eigenvalue weighted by molar-refractivity contribution is 5.76. The average Bonchev–Trinajstić information content (AvgIpc) is 2.67. The smallest absolute Gasteiger partial charge is 0.220 e. The number of benzene rings is 1. The molecule has 25 heavy (non-hydrogen) atoms. The van der Waals surface area contributed by atoms with Gasteiger partial charge in [-0.15, -0.1) is 0 Å². The molecule has 1 aliphatic rings. The van der Waals surface area contributed by atoms with Crippen molar-refractivity contribution in [2.24, 2.45) is 5.92 Å². The number of ether oxygens (including phenoxy) is 1. The van der Waals surface area contributed by atoms with Crippen molar-refractivity contribution in [1.82, 2.24) is 10.3 Å². The summed E-state index contributed by atoms with van der Waals surface area (Å²) in [7, 11) is 0. The lowest BCUT2D eigenvalue weighted by atomic mass is 9.96. The summed E-state index contributed by atoms with van der Waals surface area (Å²) in [5.41, 5.74) is 1.55. The van der Waals surface area contributed by atoms with E-state index in [1.165, 1.54) is 12.1 Å². The number of hydrogen-bond donors (Lipinski definition) is 1. The molecule has 0 saturated carbocycles. The third-order valence-electron chi connectivity index (χ3n) is 4.53. The molecule has 0 radical (unpaired) electrons. The molecule has 0 bridgehead atoms. The summed E-state index contributed by atoms with van der Waals surface area (Å²) in [5.74, 6) is 0.135. The zero-order valence-corrected chi connectivity index (χ0v) is 14.2. The lowest BCUT2D eigenvalue weighted by molar-refractivity contribution is -0.122. The van der Waals surface area contributed by atoms with E-state index in [9.17, 15) is 9.18 Å². The van der Waals surface area contributed by atoms with Crippen molar-refractivity contribution >= 4 is 5.91 Å². The summed E-state index contributed by atoms with van der Waals surface area (Å²) >= 11 is 0. The molecule has 4 nitrogen and oxygen atoms in total. The van der Waals surface area contributed by atoms with Crippen LogP contribution in [-0.2, 0) is 9.53 Å². The van der Waals surface area contributed by atoms with E-state index < -0.39 is 0 Å². The third-order valence-corrected chi connectivity index (χ3v) is 4.53. The average molecular weight is 342 g/mol. The Bertz CT molecular complexity index is 670. The number of rotatable bonds is 6. The van der Waals surface area contributed by atoms with Crippen LogP contribution in [0, 0.1) is 11.7 Å². The molecule has 2 unspecified atom stereocenters. The fourth-order valence-corrected chi connectivity index (χ4v) is 3.13. The Balaban J connectivity index is 1.66. The highest BCUT2D eigenvalue weighted by Gasteiger charge is 2.20. The van der Waals surface area contributed by atoms with E-state index >= 15 is 0 Å². The Kier molecular flexibility index (Phi) is 6.12. The number of amides is 1. The number of halogens is 1. The monoisotopic (exact) mass is 342 g/mol. The Labute approximate surface area is 147 Å². The van der Waals surface area contributed by atoms with Gasteiger partial charge in [-0.3, -0.25) is 9.78 Å². The van der Waals surface area contributed by atoms with E-state index in [-0.39, 0.29) is 17.8 Å². The van der Waals surface area contributed by atoms with Crippen LogP contribution in [0.3, 0.4) is 0 Å². The highest BCUT2D eigenvalue weighted by atomic mass is 19.1. The van der Waals surface area contributed by atoms with E-state index in [0.717, 1.165) is 43.7 Å². The summed E-state index contributed by atoms with van der Waals surface area (Å²) in [5, 5.41) is 3.04. The topological polar surface area (TPSA) is 51.2 Å². The van der Waals surface area contributed by atoms with E-state index in [2.05, 4.69) is 10.3 Å². The second-order valence-electron chi connectivity index (χ2n) is 6.43. The lowest BCUT2D eigenvalue weighted by Gasteiger charge is -2.23. The molecule has 1 aromatic heterocycles. The van der Waals surface area contributed by atoms with Crippen molar-refractivity contribution in [3.8, 4) is 0 Å². The molecule has 1 saturated heterocycles. The van der Waals surface area contributed by atoms with Crippen LogP contribution in [-0.4, -0.2) is 24.1 Å². The fourth-order valence-electron chi connectivity index (χ4n) is 3.13. The zero-order chi connectivity index (χ0) is 17.5. The second kappa shape index (κ2) is 8.72. The summed E-state index contributed by atoms with van der Waals surface area (Å²) < 4.78 is 18.7. The number of nitrogens with one attached hydrogen (secondary N) is 1. The first-order valence-corrected chi connectivity index (χ1v) is 8.76. The molecular weight excluding hydrogens is 319 g/mol. The minimum atomic E-state index is -0.378. The van der Waals surface area contributed by atoms with Crippen molar-refractivity contribution < 1.29 is 13.9 Å². The van der Waals surface area contributed by atoms with Gasteiger partial charge < -0.3 is 10.1 Å². The molecule has 0 aliphatic carbocycles. The first kappa shape index (κ1) is 17.5. The van der Waals surface area contributed by atoms with E-state index in [1.807, 2.05) is 18.2 Å². The van der Waals surface area contributed by atoms with Crippen LogP contribution in [0.25, 0.3) is 0 Å². The Morgan fingerprint density at radius 2 is 2.12 bits per heavy atom. The summed E-state index contributed by atoms with van der Waals surface area (Å²) in [4.78, 5) is 16.8. The number of hydrogen-bond acceptors (Lipinski definition) is 3. The van der Waals surface area contributed by atoms with Gasteiger partial charge in [0.1, 0.15) is 5.82 Å². The maximum absolute atomic E-state index is 13.2. The molecule has 1 N–H and O–H groups in total. The SMILES string of the molecule is O=C(CCC1CCCOC1)NC(c1ccc(F)cc1)c1ccccn1. The molecule has 3 rings (SSSR count). The first-order chi connectivity index (χ1) is 12.2. The van der Waals surface area contributed by atoms with Crippen LogP contribution < -0.4 is 5.32 Å². The third kappa shape index (κ3) is 5.10. The zero-order valence-electron chi connectivity index (χ0n) is 14.2. The standard InChI is InChI=1S/C20H23FN2O2/c21-17-9-7-16(8-10-17)20(18-5-1-2-12-22-18)23-19(24)11-6-15-4-3-13-25-14-15/h1-2,5,7-10,12,15,20H,3-4,6,11,13-14H2,(H,23,24). The van der Waals surface area contributed by atoms with Gasteiger partial charge in [0.05, 0.1) is 11.7 Å². The van der Waals surface area contributed by atoms with Crippen LogP contribution in [0.4, 0.5) is 4.39 Å². The van der Waals surface area contributed by atoms with Crippen molar-refractivity contribution in [3.63, 3.8) is 0 Å². The van der Waals surface area contributed by atoms with Crippen molar-refractivity contribution in [2.75, 3.05) is 13.2 Å². The minimum Gasteiger partial charge on any atom is -0.381 e. The van der Waals surface area contributed by atoms with Crippen LogP contribution in [0.15, 0.2) is 48.7 Å². The maximum Gasteiger partial charge on any atom is 0.220 e. The quantitative estimate of drug-likeness (QED) is 0.872. The second-order valence-corrected chi connectivity index (χ2v) is 6.43. The van der Waals surface area contributed by atoms with Crippen molar-refractivity contribution in [2.45, 2.75) is 31.7 Å². The highest BCUT2D eigenvalue weighted by Crippen LogP contribution is 2.22. The summed E-state index contributed by atoms with van der Waals surface area (Å²) in [6.45, 7) is 1.57. The summed E-state index contributed by atoms with van der Waals surface area (Å²) in [6, 6.07) is 11.4. The Hall–Kier alpha value is -2.27. The molecule has 1 aromatic carbocycles. The van der Waals surface area contributed by atoms with Crippen LogP contribution >= 0.6 is 0 Å². The minimum absolute atomic E-state index is 0.0226. The molecule has 2 heterocycles. The van der Waals surface area contributed by atoms with Gasteiger partial charge in [-0.2, -0.15) is 0 Å². The van der Waals surface area contributed by atoms with Gasteiger partial charge in [0.15, 0.2) is 0 Å². The van der Waals surface area contributed by atoms with Gasteiger partial charge in [0, 0.05) is 25.8 Å². The fraction of sp³-hybridized carbons (Fsp3) is 0.400. The van der Waals surface area contributed by atoms with Crippen LogP contribution in [0.1, 0.15) is 43.0 Å². The molecular formula is C20H23FN2O2. The molecule has 1 fully saturated rings. The molecule has 2 aromatic rings. The molecule has 1 amide bonds. The van der Waals surface area contributed by atoms with Gasteiger partial charge in [-0.25, -0.2) is 4.39 Å². The van der Waals surface area contributed by atoms with E-state index in [4.69, 9.17) is 4.74 Å². The van der Waals surface area contributed by atoms with Gasteiger partial charge in [-0.05, 0) is 55.0 Å².